The third kappa shape index (κ3) is 6.33. The maximum Gasteiger partial charge on any atom is 0.161 e. The number of ether oxygens (including phenoxy) is 2. The van der Waals surface area contributed by atoms with Crippen molar-refractivity contribution in [1.82, 2.24) is 15.1 Å². The van der Waals surface area contributed by atoms with Gasteiger partial charge in [-0.25, -0.2) is 0 Å². The van der Waals surface area contributed by atoms with E-state index in [2.05, 4.69) is 35.3 Å². The number of nitrogens with zero attached hydrogens (tertiary/aromatic N) is 2. The highest BCUT2D eigenvalue weighted by Gasteiger charge is 2.33. The molecule has 170 valence electrons. The molecule has 0 amide bonds. The van der Waals surface area contributed by atoms with E-state index in [1.165, 1.54) is 50.5 Å². The second-order valence-corrected chi connectivity index (χ2v) is 9.24. The Morgan fingerprint density at radius 1 is 1.10 bits per heavy atom. The van der Waals surface area contributed by atoms with E-state index in [0.29, 0.717) is 18.0 Å². The van der Waals surface area contributed by atoms with Crippen LogP contribution >= 0.6 is 0 Å². The van der Waals surface area contributed by atoms with Crippen LogP contribution in [-0.2, 0) is 6.54 Å². The Labute approximate surface area is 182 Å². The number of likely N-dealkylation sites (tertiary alicyclic amines) is 1. The molecule has 1 aliphatic carbocycles. The molecular formula is C24H41N3O3. The highest BCUT2D eigenvalue weighted by Crippen LogP contribution is 2.32. The first-order valence-corrected chi connectivity index (χ1v) is 11.6. The molecular weight excluding hydrogens is 378 g/mol. The van der Waals surface area contributed by atoms with Crippen molar-refractivity contribution >= 4 is 0 Å². The van der Waals surface area contributed by atoms with E-state index in [0.717, 1.165) is 26.2 Å². The molecule has 2 fully saturated rings. The molecule has 1 saturated carbocycles. The number of methoxy groups -OCH3 is 1. The van der Waals surface area contributed by atoms with Crippen molar-refractivity contribution in [2.45, 2.75) is 63.1 Å². The number of aliphatic hydroxyl groups excluding tert-OH is 1. The summed E-state index contributed by atoms with van der Waals surface area (Å²) >= 11 is 0. The second-order valence-electron chi connectivity index (χ2n) is 9.24. The van der Waals surface area contributed by atoms with Gasteiger partial charge in [-0.3, -0.25) is 0 Å². The minimum atomic E-state index is -0.485. The van der Waals surface area contributed by atoms with Crippen molar-refractivity contribution in [3.8, 4) is 11.5 Å². The van der Waals surface area contributed by atoms with Crippen LogP contribution in [0.5, 0.6) is 11.5 Å². The zero-order valence-electron chi connectivity index (χ0n) is 19.2. The molecule has 2 aliphatic rings. The van der Waals surface area contributed by atoms with Gasteiger partial charge in [0.25, 0.3) is 0 Å². The molecule has 30 heavy (non-hydrogen) atoms. The summed E-state index contributed by atoms with van der Waals surface area (Å²) in [5.74, 6) is 1.42. The van der Waals surface area contributed by atoms with Crippen molar-refractivity contribution < 1.29 is 14.6 Å². The number of hydrogen-bond acceptors (Lipinski definition) is 6. The number of rotatable bonds is 11. The van der Waals surface area contributed by atoms with Crippen molar-refractivity contribution in [1.29, 1.82) is 0 Å². The lowest BCUT2D eigenvalue weighted by atomic mass is 9.80. The van der Waals surface area contributed by atoms with Crippen LogP contribution < -0.4 is 14.8 Å². The third-order valence-corrected chi connectivity index (χ3v) is 6.84. The Morgan fingerprint density at radius 2 is 1.83 bits per heavy atom. The number of β-amino-alcohol motifs (C(OH)–C–C–N with tert-alkyl or cyclic N) is 1. The average molecular weight is 420 g/mol. The van der Waals surface area contributed by atoms with E-state index in [1.54, 1.807) is 7.11 Å². The first kappa shape index (κ1) is 23.3. The summed E-state index contributed by atoms with van der Waals surface area (Å²) < 4.78 is 11.4. The van der Waals surface area contributed by atoms with E-state index in [1.807, 2.05) is 12.1 Å². The quantitative estimate of drug-likeness (QED) is 0.575. The average Bonchev–Trinajstić information content (AvgIpc) is 3.26. The number of hydrogen-bond donors (Lipinski definition) is 2. The molecule has 2 N–H and O–H groups in total. The van der Waals surface area contributed by atoms with Gasteiger partial charge in [0, 0.05) is 25.2 Å². The maximum atomic E-state index is 10.3. The SMILES string of the molecule is COc1ccc(CNCC2(N(C)C)CCCCC2)cc1OCC(O)CN1CCCC1. The summed E-state index contributed by atoms with van der Waals surface area (Å²) in [6, 6.07) is 6.09. The van der Waals surface area contributed by atoms with Gasteiger partial charge in [-0.1, -0.05) is 25.3 Å². The molecule has 3 rings (SSSR count). The van der Waals surface area contributed by atoms with Gasteiger partial charge >= 0.3 is 0 Å². The first-order valence-electron chi connectivity index (χ1n) is 11.6. The van der Waals surface area contributed by atoms with Crippen molar-refractivity contribution in [2.24, 2.45) is 0 Å². The van der Waals surface area contributed by atoms with Gasteiger partial charge in [-0.05, 0) is 70.6 Å². The summed E-state index contributed by atoms with van der Waals surface area (Å²) in [5, 5.41) is 14.0. The van der Waals surface area contributed by atoms with Crippen molar-refractivity contribution in [2.75, 3.05) is 54.0 Å². The second kappa shape index (κ2) is 11.3. The molecule has 1 unspecified atom stereocenters. The molecule has 6 nitrogen and oxygen atoms in total. The molecule has 1 aliphatic heterocycles. The van der Waals surface area contributed by atoms with E-state index >= 15 is 0 Å². The van der Waals surface area contributed by atoms with Gasteiger partial charge in [0.05, 0.1) is 7.11 Å². The van der Waals surface area contributed by atoms with Gasteiger partial charge in [-0.2, -0.15) is 0 Å². The Balaban J connectivity index is 1.52. The van der Waals surface area contributed by atoms with Gasteiger partial charge in [0.2, 0.25) is 0 Å². The van der Waals surface area contributed by atoms with E-state index < -0.39 is 6.10 Å². The Hall–Kier alpha value is -1.34. The Kier molecular flexibility index (Phi) is 8.81. The van der Waals surface area contributed by atoms with Crippen LogP contribution in [0, 0.1) is 0 Å². The fourth-order valence-corrected chi connectivity index (χ4v) is 4.88. The lowest BCUT2D eigenvalue weighted by molar-refractivity contribution is 0.0746. The molecule has 1 atom stereocenters. The number of nitrogens with one attached hydrogen (secondary N) is 1. The number of aliphatic hydroxyl groups is 1. The molecule has 0 aromatic heterocycles. The predicted octanol–water partition coefficient (Wildman–Crippen LogP) is 2.88. The molecule has 1 heterocycles. The predicted molar refractivity (Wildman–Crippen MR) is 121 cm³/mol. The highest BCUT2D eigenvalue weighted by molar-refractivity contribution is 5.43. The van der Waals surface area contributed by atoms with Gasteiger partial charge in [0.15, 0.2) is 11.5 Å². The lowest BCUT2D eigenvalue weighted by Gasteiger charge is -2.43. The fraction of sp³-hybridized carbons (Fsp3) is 0.750. The Bertz CT molecular complexity index is 641. The van der Waals surface area contributed by atoms with Crippen LogP contribution in [0.3, 0.4) is 0 Å². The summed E-state index contributed by atoms with van der Waals surface area (Å²) in [4.78, 5) is 4.71. The van der Waals surface area contributed by atoms with Crippen LogP contribution in [0.15, 0.2) is 18.2 Å². The van der Waals surface area contributed by atoms with E-state index in [9.17, 15) is 5.11 Å². The third-order valence-electron chi connectivity index (χ3n) is 6.84. The monoisotopic (exact) mass is 419 g/mol. The maximum absolute atomic E-state index is 10.3. The zero-order valence-corrected chi connectivity index (χ0v) is 19.2. The van der Waals surface area contributed by atoms with Gasteiger partial charge < -0.3 is 29.7 Å². The van der Waals surface area contributed by atoms with Gasteiger partial charge in [0.1, 0.15) is 12.7 Å². The van der Waals surface area contributed by atoms with Crippen LogP contribution in [0.25, 0.3) is 0 Å². The van der Waals surface area contributed by atoms with Crippen molar-refractivity contribution in [3.63, 3.8) is 0 Å². The minimum Gasteiger partial charge on any atom is -0.493 e. The number of likely N-dealkylation sites (N-methyl/N-ethyl adjacent to an activating group) is 1. The molecule has 1 aromatic rings. The first-order chi connectivity index (χ1) is 14.5. The molecule has 0 radical (unpaired) electrons. The van der Waals surface area contributed by atoms with Gasteiger partial charge in [-0.15, -0.1) is 0 Å². The van der Waals surface area contributed by atoms with Crippen LogP contribution in [-0.4, -0.2) is 80.5 Å². The minimum absolute atomic E-state index is 0.268. The van der Waals surface area contributed by atoms with E-state index in [-0.39, 0.29) is 12.1 Å². The lowest BCUT2D eigenvalue weighted by Crippen LogP contribution is -2.52. The summed E-state index contributed by atoms with van der Waals surface area (Å²) in [7, 11) is 6.07. The van der Waals surface area contributed by atoms with Crippen LogP contribution in [0.2, 0.25) is 0 Å². The van der Waals surface area contributed by atoms with Crippen molar-refractivity contribution in [3.05, 3.63) is 23.8 Å². The Morgan fingerprint density at radius 3 is 2.50 bits per heavy atom. The summed E-state index contributed by atoms with van der Waals surface area (Å²) in [6.07, 6.45) is 8.49. The van der Waals surface area contributed by atoms with Crippen LogP contribution in [0.1, 0.15) is 50.5 Å². The standard InChI is InChI=1S/C24H41N3O3/c1-26(2)24(11-5-4-6-12-24)19-25-16-20-9-10-22(29-3)23(15-20)30-18-21(28)17-27-13-7-8-14-27/h9-10,15,21,25,28H,4-8,11-14,16-19H2,1-3H3. The molecule has 1 aromatic carbocycles. The zero-order chi connectivity index (χ0) is 21.4. The molecule has 0 bridgehead atoms. The smallest absolute Gasteiger partial charge is 0.161 e. The highest BCUT2D eigenvalue weighted by atomic mass is 16.5. The molecule has 1 saturated heterocycles. The number of benzene rings is 1. The topological polar surface area (TPSA) is 57.2 Å². The molecule has 0 spiro atoms. The summed E-state index contributed by atoms with van der Waals surface area (Å²) in [5.41, 5.74) is 1.44. The normalized spacial score (nSPS) is 20.4. The van der Waals surface area contributed by atoms with E-state index in [4.69, 9.17) is 9.47 Å². The molecule has 6 heteroatoms. The van der Waals surface area contributed by atoms with Crippen LogP contribution in [0.4, 0.5) is 0 Å². The fourth-order valence-electron chi connectivity index (χ4n) is 4.88. The summed E-state index contributed by atoms with van der Waals surface area (Å²) in [6.45, 7) is 4.92. The largest absolute Gasteiger partial charge is 0.493 e.